The number of carbonyl (C=O) groups is 1. The molecule has 0 bridgehead atoms. The summed E-state index contributed by atoms with van der Waals surface area (Å²) < 4.78 is 0. The molecule has 0 saturated carbocycles. The van der Waals surface area contributed by atoms with Crippen molar-refractivity contribution in [3.8, 4) is 0 Å². The standard InChI is InChI=1S/C13H23N5O/c1-6-9-17-10(15-5)8(2)11(18-9)16-7-13(3,4)12(14)19/h6-7H2,1-5H3,(H2,14,19)(H2,15,16,17,18). The molecule has 19 heavy (non-hydrogen) atoms. The average molecular weight is 265 g/mol. The predicted molar refractivity (Wildman–Crippen MR) is 77.2 cm³/mol. The lowest BCUT2D eigenvalue weighted by Crippen LogP contribution is -2.37. The summed E-state index contributed by atoms with van der Waals surface area (Å²) in [6, 6.07) is 0. The SMILES string of the molecule is CCc1nc(NC)c(C)c(NCC(C)(C)C(N)=O)n1. The van der Waals surface area contributed by atoms with Crippen molar-refractivity contribution in [3.63, 3.8) is 0 Å². The quantitative estimate of drug-likeness (QED) is 0.721. The Morgan fingerprint density at radius 3 is 2.37 bits per heavy atom. The zero-order valence-corrected chi connectivity index (χ0v) is 12.3. The minimum absolute atomic E-state index is 0.337. The van der Waals surface area contributed by atoms with Gasteiger partial charge < -0.3 is 16.4 Å². The van der Waals surface area contributed by atoms with Gasteiger partial charge in [-0.15, -0.1) is 0 Å². The Bertz CT molecular complexity index is 470. The Kier molecular flexibility index (Phi) is 4.69. The van der Waals surface area contributed by atoms with Gasteiger partial charge in [0.05, 0.1) is 5.41 Å². The van der Waals surface area contributed by atoms with Crippen molar-refractivity contribution in [2.45, 2.75) is 34.1 Å². The Morgan fingerprint density at radius 1 is 1.32 bits per heavy atom. The molecule has 1 aromatic heterocycles. The molecule has 0 unspecified atom stereocenters. The Labute approximate surface area is 114 Å². The second-order valence-electron chi connectivity index (χ2n) is 5.17. The number of hydrogen-bond donors (Lipinski definition) is 3. The van der Waals surface area contributed by atoms with Crippen molar-refractivity contribution in [2.24, 2.45) is 11.1 Å². The fraction of sp³-hybridized carbons (Fsp3) is 0.615. The van der Waals surface area contributed by atoms with Crippen LogP contribution < -0.4 is 16.4 Å². The fourth-order valence-corrected chi connectivity index (χ4v) is 1.53. The van der Waals surface area contributed by atoms with Gasteiger partial charge in [0.2, 0.25) is 5.91 Å². The molecule has 106 valence electrons. The number of hydrogen-bond acceptors (Lipinski definition) is 5. The molecule has 0 fully saturated rings. The summed E-state index contributed by atoms with van der Waals surface area (Å²) in [6.07, 6.45) is 0.753. The zero-order valence-electron chi connectivity index (χ0n) is 12.3. The number of aryl methyl sites for hydroxylation is 1. The molecular formula is C13H23N5O. The molecular weight excluding hydrogens is 242 g/mol. The van der Waals surface area contributed by atoms with E-state index in [1.807, 2.05) is 20.9 Å². The summed E-state index contributed by atoms with van der Waals surface area (Å²) in [6.45, 7) is 7.98. The van der Waals surface area contributed by atoms with Crippen LogP contribution in [0.1, 0.15) is 32.2 Å². The molecule has 0 aromatic carbocycles. The first kappa shape index (κ1) is 15.2. The number of primary amides is 1. The van der Waals surface area contributed by atoms with Gasteiger partial charge in [0.1, 0.15) is 17.5 Å². The lowest BCUT2D eigenvalue weighted by molar-refractivity contribution is -0.125. The van der Waals surface area contributed by atoms with Gasteiger partial charge in [-0.1, -0.05) is 6.92 Å². The predicted octanol–water partition coefficient (Wildman–Crippen LogP) is 1.31. The number of nitrogens with one attached hydrogen (secondary N) is 2. The highest BCUT2D eigenvalue weighted by Gasteiger charge is 2.25. The molecule has 1 amide bonds. The van der Waals surface area contributed by atoms with Gasteiger partial charge in [0, 0.05) is 25.6 Å². The summed E-state index contributed by atoms with van der Waals surface area (Å²) in [4.78, 5) is 20.2. The molecule has 1 aromatic rings. The van der Waals surface area contributed by atoms with Crippen LogP contribution in [0, 0.1) is 12.3 Å². The van der Waals surface area contributed by atoms with Crippen molar-refractivity contribution >= 4 is 17.5 Å². The largest absolute Gasteiger partial charge is 0.373 e. The van der Waals surface area contributed by atoms with Crippen LogP contribution in [0.15, 0.2) is 0 Å². The maximum Gasteiger partial charge on any atom is 0.224 e. The lowest BCUT2D eigenvalue weighted by Gasteiger charge is -2.22. The van der Waals surface area contributed by atoms with Crippen LogP contribution >= 0.6 is 0 Å². The number of aromatic nitrogens is 2. The molecule has 4 N–H and O–H groups in total. The lowest BCUT2D eigenvalue weighted by atomic mass is 9.93. The molecule has 0 saturated heterocycles. The van der Waals surface area contributed by atoms with Crippen molar-refractivity contribution in [2.75, 3.05) is 24.2 Å². The molecule has 1 heterocycles. The van der Waals surface area contributed by atoms with E-state index in [4.69, 9.17) is 5.73 Å². The molecule has 0 spiro atoms. The number of anilines is 2. The summed E-state index contributed by atoms with van der Waals surface area (Å²) in [5.74, 6) is 1.96. The molecule has 0 aliphatic heterocycles. The fourth-order valence-electron chi connectivity index (χ4n) is 1.53. The number of rotatable bonds is 6. The van der Waals surface area contributed by atoms with Gasteiger partial charge in [-0.3, -0.25) is 4.79 Å². The maximum atomic E-state index is 11.3. The third kappa shape index (κ3) is 3.56. The van der Waals surface area contributed by atoms with Gasteiger partial charge in [-0.2, -0.15) is 0 Å². The van der Waals surface area contributed by atoms with Crippen molar-refractivity contribution < 1.29 is 4.79 Å². The highest BCUT2D eigenvalue weighted by atomic mass is 16.1. The van der Waals surface area contributed by atoms with Crippen LogP contribution in [0.2, 0.25) is 0 Å². The molecule has 0 atom stereocenters. The van der Waals surface area contributed by atoms with Crippen molar-refractivity contribution in [1.82, 2.24) is 9.97 Å². The van der Waals surface area contributed by atoms with Gasteiger partial charge in [-0.25, -0.2) is 9.97 Å². The Morgan fingerprint density at radius 2 is 1.89 bits per heavy atom. The molecule has 0 aliphatic carbocycles. The summed E-state index contributed by atoms with van der Waals surface area (Å²) in [5.41, 5.74) is 5.67. The van der Waals surface area contributed by atoms with Crippen LogP contribution in [-0.4, -0.2) is 29.5 Å². The van der Waals surface area contributed by atoms with E-state index in [0.717, 1.165) is 29.4 Å². The topological polar surface area (TPSA) is 92.9 Å². The van der Waals surface area contributed by atoms with E-state index in [1.54, 1.807) is 13.8 Å². The van der Waals surface area contributed by atoms with Crippen LogP contribution in [-0.2, 0) is 11.2 Å². The summed E-state index contributed by atoms with van der Waals surface area (Å²) in [5, 5.41) is 6.24. The van der Waals surface area contributed by atoms with Gasteiger partial charge in [-0.05, 0) is 20.8 Å². The van der Waals surface area contributed by atoms with E-state index in [-0.39, 0.29) is 5.91 Å². The minimum Gasteiger partial charge on any atom is -0.373 e. The highest BCUT2D eigenvalue weighted by Crippen LogP contribution is 2.22. The van der Waals surface area contributed by atoms with E-state index in [9.17, 15) is 4.79 Å². The molecule has 1 rings (SSSR count). The van der Waals surface area contributed by atoms with Crippen LogP contribution in [0.3, 0.4) is 0 Å². The summed E-state index contributed by atoms with van der Waals surface area (Å²) >= 11 is 0. The van der Waals surface area contributed by atoms with E-state index >= 15 is 0 Å². The smallest absolute Gasteiger partial charge is 0.224 e. The van der Waals surface area contributed by atoms with Gasteiger partial charge in [0.15, 0.2) is 0 Å². The highest BCUT2D eigenvalue weighted by molar-refractivity contribution is 5.80. The van der Waals surface area contributed by atoms with E-state index < -0.39 is 5.41 Å². The van der Waals surface area contributed by atoms with E-state index in [2.05, 4.69) is 20.6 Å². The maximum absolute atomic E-state index is 11.3. The molecule has 0 aliphatic rings. The van der Waals surface area contributed by atoms with Crippen LogP contribution in [0.25, 0.3) is 0 Å². The number of nitrogens with two attached hydrogens (primary N) is 1. The van der Waals surface area contributed by atoms with Crippen LogP contribution in [0.5, 0.6) is 0 Å². The second kappa shape index (κ2) is 5.86. The summed E-state index contributed by atoms with van der Waals surface area (Å²) in [7, 11) is 1.83. The van der Waals surface area contributed by atoms with E-state index in [0.29, 0.717) is 6.54 Å². The molecule has 6 nitrogen and oxygen atoms in total. The zero-order chi connectivity index (χ0) is 14.6. The van der Waals surface area contributed by atoms with Gasteiger partial charge >= 0.3 is 0 Å². The third-order valence-electron chi connectivity index (χ3n) is 3.11. The molecule has 6 heteroatoms. The Hall–Kier alpha value is -1.85. The second-order valence-corrected chi connectivity index (χ2v) is 5.17. The minimum atomic E-state index is -0.621. The number of amides is 1. The number of nitrogens with zero attached hydrogens (tertiary/aromatic N) is 2. The first-order chi connectivity index (χ1) is 8.81. The van der Waals surface area contributed by atoms with Gasteiger partial charge in [0.25, 0.3) is 0 Å². The first-order valence-corrected chi connectivity index (χ1v) is 6.40. The number of carbonyl (C=O) groups excluding carboxylic acids is 1. The Balaban J connectivity index is 2.98. The third-order valence-corrected chi connectivity index (χ3v) is 3.11. The normalized spacial score (nSPS) is 11.2. The van der Waals surface area contributed by atoms with Crippen molar-refractivity contribution in [1.29, 1.82) is 0 Å². The van der Waals surface area contributed by atoms with Crippen molar-refractivity contribution in [3.05, 3.63) is 11.4 Å². The first-order valence-electron chi connectivity index (χ1n) is 6.40. The van der Waals surface area contributed by atoms with Crippen LogP contribution in [0.4, 0.5) is 11.6 Å². The average Bonchev–Trinajstić information content (AvgIpc) is 2.37. The molecule has 0 radical (unpaired) electrons. The monoisotopic (exact) mass is 265 g/mol. The van der Waals surface area contributed by atoms with E-state index in [1.165, 1.54) is 0 Å².